The Kier molecular flexibility index (Phi) is 14.9. The van der Waals surface area contributed by atoms with Crippen LogP contribution in [0.15, 0.2) is 34.5 Å². The van der Waals surface area contributed by atoms with E-state index in [1.165, 1.54) is 0 Å². The monoisotopic (exact) mass is 608 g/mol. The van der Waals surface area contributed by atoms with E-state index >= 15 is 0 Å². The van der Waals surface area contributed by atoms with E-state index in [0.717, 1.165) is 32.1 Å². The molecule has 3 nitrogen and oxygen atoms in total. The highest BCUT2D eigenvalue weighted by atomic mass is 127. The SMILES string of the molecule is C[C@H](O)CCC/C=C/C=C/[C@@H](C[C@H](C/C=C\I)O[Si](C)(C)C(C)(C)C)O[Si](C)(C)C(C)(C)C. The molecule has 1 N–H and O–H groups in total. The maximum absolute atomic E-state index is 9.41. The molecule has 0 radical (unpaired) electrons. The molecule has 0 fully saturated rings. The molecule has 0 aliphatic heterocycles. The van der Waals surface area contributed by atoms with Gasteiger partial charge >= 0.3 is 0 Å². The minimum atomic E-state index is -1.92. The third kappa shape index (κ3) is 13.8. The summed E-state index contributed by atoms with van der Waals surface area (Å²) in [6.07, 6.45) is 15.5. The second-order valence-electron chi connectivity index (χ2n) is 12.3. The van der Waals surface area contributed by atoms with E-state index in [1.807, 2.05) is 6.92 Å². The molecule has 0 aromatic carbocycles. The first-order chi connectivity index (χ1) is 14.9. The van der Waals surface area contributed by atoms with Crippen LogP contribution in [0.1, 0.15) is 80.6 Å². The normalized spacial score (nSPS) is 17.4. The maximum Gasteiger partial charge on any atom is 0.192 e. The first-order valence-corrected chi connectivity index (χ1v) is 19.6. The number of allylic oxidation sites excluding steroid dienone is 3. The summed E-state index contributed by atoms with van der Waals surface area (Å²) in [5, 5.41) is 9.75. The van der Waals surface area contributed by atoms with Crippen molar-refractivity contribution in [2.24, 2.45) is 0 Å². The Morgan fingerprint density at radius 3 is 1.91 bits per heavy atom. The van der Waals surface area contributed by atoms with Crippen LogP contribution in [0.2, 0.25) is 36.3 Å². The van der Waals surface area contributed by atoms with Crippen LogP contribution in [0.5, 0.6) is 0 Å². The second kappa shape index (κ2) is 14.7. The average Bonchev–Trinajstić information content (AvgIpc) is 2.62. The first kappa shape index (κ1) is 33.3. The van der Waals surface area contributed by atoms with Crippen LogP contribution in [0.25, 0.3) is 0 Å². The van der Waals surface area contributed by atoms with E-state index in [9.17, 15) is 5.11 Å². The molecule has 0 spiro atoms. The smallest absolute Gasteiger partial charge is 0.192 e. The van der Waals surface area contributed by atoms with Crippen LogP contribution in [0.3, 0.4) is 0 Å². The molecule has 0 amide bonds. The maximum atomic E-state index is 9.41. The number of unbranched alkanes of at least 4 members (excludes halogenated alkanes) is 1. The van der Waals surface area contributed by atoms with Crippen LogP contribution in [-0.4, -0.2) is 40.1 Å². The van der Waals surface area contributed by atoms with Gasteiger partial charge in [-0.25, -0.2) is 0 Å². The Hall–Kier alpha value is 0.264. The van der Waals surface area contributed by atoms with Gasteiger partial charge in [-0.3, -0.25) is 0 Å². The van der Waals surface area contributed by atoms with Gasteiger partial charge < -0.3 is 14.0 Å². The largest absolute Gasteiger partial charge is 0.414 e. The number of hydrogen-bond acceptors (Lipinski definition) is 3. The summed E-state index contributed by atoms with van der Waals surface area (Å²) >= 11 is 2.29. The highest BCUT2D eigenvalue weighted by molar-refractivity contribution is 14.1. The lowest BCUT2D eigenvalue weighted by Crippen LogP contribution is -2.47. The van der Waals surface area contributed by atoms with Gasteiger partial charge in [0.25, 0.3) is 0 Å². The van der Waals surface area contributed by atoms with Gasteiger partial charge in [-0.05, 0) is 73.0 Å². The molecule has 0 rings (SSSR count). The molecule has 0 aliphatic carbocycles. The lowest BCUT2D eigenvalue weighted by molar-refractivity contribution is 0.116. The molecule has 0 unspecified atom stereocenters. The molecule has 0 aromatic rings. The van der Waals surface area contributed by atoms with E-state index in [4.69, 9.17) is 8.85 Å². The molecule has 194 valence electrons. The molecule has 0 aromatic heterocycles. The quantitative estimate of drug-likeness (QED) is 0.0925. The van der Waals surface area contributed by atoms with Crippen molar-refractivity contribution < 1.29 is 14.0 Å². The molecule has 33 heavy (non-hydrogen) atoms. The van der Waals surface area contributed by atoms with Gasteiger partial charge in [-0.2, -0.15) is 0 Å². The summed E-state index contributed by atoms with van der Waals surface area (Å²) < 4.78 is 15.8. The van der Waals surface area contributed by atoms with E-state index in [2.05, 4.69) is 125 Å². The fourth-order valence-corrected chi connectivity index (χ4v) is 5.82. The number of halogens is 1. The van der Waals surface area contributed by atoms with Crippen molar-refractivity contribution in [1.82, 2.24) is 0 Å². The second-order valence-corrected chi connectivity index (χ2v) is 22.6. The van der Waals surface area contributed by atoms with Gasteiger partial charge in [-0.1, -0.05) is 94.5 Å². The number of hydrogen-bond donors (Lipinski definition) is 1. The average molecular weight is 609 g/mol. The summed E-state index contributed by atoms with van der Waals surface area (Å²) in [7, 11) is -3.80. The van der Waals surface area contributed by atoms with Gasteiger partial charge in [0.1, 0.15) is 0 Å². The third-order valence-electron chi connectivity index (χ3n) is 7.07. The Morgan fingerprint density at radius 1 is 0.879 bits per heavy atom. The first-order valence-electron chi connectivity index (χ1n) is 12.5. The molecule has 3 atom stereocenters. The highest BCUT2D eigenvalue weighted by Gasteiger charge is 2.41. The lowest BCUT2D eigenvalue weighted by Gasteiger charge is -2.42. The Morgan fingerprint density at radius 2 is 1.42 bits per heavy atom. The van der Waals surface area contributed by atoms with Gasteiger partial charge in [0.15, 0.2) is 16.6 Å². The minimum Gasteiger partial charge on any atom is -0.414 e. The molecule has 0 heterocycles. The summed E-state index contributed by atoms with van der Waals surface area (Å²) in [5.41, 5.74) is 0. The van der Waals surface area contributed by atoms with Crippen molar-refractivity contribution in [3.8, 4) is 0 Å². The number of rotatable bonds is 14. The highest BCUT2D eigenvalue weighted by Crippen LogP contribution is 2.40. The van der Waals surface area contributed by atoms with E-state index in [1.54, 1.807) is 0 Å². The Labute approximate surface area is 221 Å². The van der Waals surface area contributed by atoms with E-state index < -0.39 is 16.6 Å². The van der Waals surface area contributed by atoms with Crippen LogP contribution >= 0.6 is 22.6 Å². The van der Waals surface area contributed by atoms with Crippen molar-refractivity contribution in [3.63, 3.8) is 0 Å². The van der Waals surface area contributed by atoms with Gasteiger partial charge in [-0.15, -0.1) is 0 Å². The summed E-state index contributed by atoms with van der Waals surface area (Å²) in [6.45, 7) is 25.0. The minimum absolute atomic E-state index is 0.0328. The van der Waals surface area contributed by atoms with Gasteiger partial charge in [0.2, 0.25) is 0 Å². The Balaban J connectivity index is 5.59. The van der Waals surface area contributed by atoms with Crippen LogP contribution in [0.4, 0.5) is 0 Å². The van der Waals surface area contributed by atoms with Crippen molar-refractivity contribution in [1.29, 1.82) is 0 Å². The summed E-state index contributed by atoms with van der Waals surface area (Å²) in [5.74, 6) is 0. The third-order valence-corrected chi connectivity index (χ3v) is 16.6. The van der Waals surface area contributed by atoms with Crippen LogP contribution < -0.4 is 0 Å². The van der Waals surface area contributed by atoms with Crippen molar-refractivity contribution in [3.05, 3.63) is 34.5 Å². The lowest BCUT2D eigenvalue weighted by atomic mass is 10.1. The van der Waals surface area contributed by atoms with Gasteiger partial charge in [0.05, 0.1) is 18.3 Å². The van der Waals surface area contributed by atoms with Crippen LogP contribution in [-0.2, 0) is 8.85 Å². The van der Waals surface area contributed by atoms with E-state index in [0.29, 0.717) is 0 Å². The summed E-state index contributed by atoms with van der Waals surface area (Å²) in [4.78, 5) is 0. The topological polar surface area (TPSA) is 38.7 Å². The van der Waals surface area contributed by atoms with Gasteiger partial charge in [0, 0.05) is 6.42 Å². The zero-order valence-electron chi connectivity index (χ0n) is 23.4. The van der Waals surface area contributed by atoms with Crippen LogP contribution in [0, 0.1) is 0 Å². The molecule has 0 bridgehead atoms. The zero-order chi connectivity index (χ0) is 25.9. The molecular weight excluding hydrogens is 555 g/mol. The number of aliphatic hydroxyl groups is 1. The van der Waals surface area contributed by atoms with Crippen molar-refractivity contribution in [2.45, 2.75) is 135 Å². The molecule has 0 saturated heterocycles. The zero-order valence-corrected chi connectivity index (χ0v) is 27.5. The molecule has 0 aliphatic rings. The fraction of sp³-hybridized carbons (Fsp3) is 0.778. The van der Waals surface area contributed by atoms with Crippen molar-refractivity contribution in [2.75, 3.05) is 0 Å². The molecule has 6 heteroatoms. The van der Waals surface area contributed by atoms with Crippen molar-refractivity contribution >= 4 is 39.2 Å². The standard InChI is InChI=1S/C27H53IO3Si2/c1-23(29)18-15-13-12-14-16-19-24(30-32(8,9)26(2,3)4)22-25(20-17-21-28)31-33(10,11)27(5,6)7/h12,14,16-17,19,21,23-25,29H,13,15,18,20,22H2,1-11H3/b14-12+,19-16+,21-17-/t23-,24-,25-/m0/s1. The predicted molar refractivity (Wildman–Crippen MR) is 160 cm³/mol. The molecule has 0 saturated carbocycles. The Bertz CT molecular complexity index is 626. The summed E-state index contributed by atoms with van der Waals surface area (Å²) in [6, 6.07) is 0. The molecular formula is C27H53IO3Si2. The number of aliphatic hydroxyl groups excluding tert-OH is 1. The predicted octanol–water partition coefficient (Wildman–Crippen LogP) is 9.16. The fourth-order valence-electron chi connectivity index (χ4n) is 2.86. The van der Waals surface area contributed by atoms with E-state index in [-0.39, 0.29) is 28.4 Å².